The Kier molecular flexibility index (Phi) is 3.82. The van der Waals surface area contributed by atoms with Crippen LogP contribution in [0.25, 0.3) is 0 Å². The first-order valence-corrected chi connectivity index (χ1v) is 2.64. The lowest BCUT2D eigenvalue weighted by atomic mass is 11.3. The molecular weight excluding hydrogens is 188 g/mol. The van der Waals surface area contributed by atoms with Crippen molar-refractivity contribution in [2.45, 2.75) is 0 Å². The molecule has 74 valence electrons. The van der Waals surface area contributed by atoms with Crippen LogP contribution in [-0.2, 0) is 14.5 Å². The lowest BCUT2D eigenvalue weighted by molar-refractivity contribution is -0.447. The van der Waals surface area contributed by atoms with Crippen molar-refractivity contribution >= 4 is 18.3 Å². The molecule has 0 aromatic heterocycles. The van der Waals surface area contributed by atoms with E-state index in [-0.39, 0.29) is 5.39 Å². The van der Waals surface area contributed by atoms with Crippen LogP contribution in [-0.4, -0.2) is 23.7 Å². The number of nitrogens with zero attached hydrogens (tertiary/aromatic N) is 1. The number of carbonyl (C=O) groups excluding carboxylic acids is 3. The summed E-state index contributed by atoms with van der Waals surface area (Å²) in [6.45, 7) is 0. The van der Waals surface area contributed by atoms with Gasteiger partial charge in [0.2, 0.25) is 5.39 Å². The predicted molar refractivity (Wildman–Crippen MR) is 33.8 cm³/mol. The second kappa shape index (κ2) is 4.61. The maximum atomic E-state index is 10.1. The molecule has 0 heterocycles. The van der Waals surface area contributed by atoms with Gasteiger partial charge in [0.15, 0.2) is 0 Å². The van der Waals surface area contributed by atoms with Crippen molar-refractivity contribution in [1.82, 2.24) is 5.39 Å². The third-order valence-corrected chi connectivity index (χ3v) is 0.494. The average molecular weight is 194 g/mol. The Hall–Kier alpha value is -2.23. The van der Waals surface area contributed by atoms with Gasteiger partial charge in [-0.1, -0.05) is 0 Å². The Labute approximate surface area is 70.9 Å². The summed E-state index contributed by atoms with van der Waals surface area (Å²) in [6.07, 6.45) is -4.20. The van der Waals surface area contributed by atoms with E-state index in [1.807, 2.05) is 0 Å². The van der Waals surface area contributed by atoms with E-state index in [0.29, 0.717) is 0 Å². The molecule has 10 nitrogen and oxygen atoms in total. The van der Waals surface area contributed by atoms with Crippen LogP contribution in [0.2, 0.25) is 0 Å². The van der Waals surface area contributed by atoms with Gasteiger partial charge in [0, 0.05) is 0 Å². The van der Waals surface area contributed by atoms with E-state index in [9.17, 15) is 14.4 Å². The van der Waals surface area contributed by atoms with E-state index in [1.54, 1.807) is 0 Å². The summed E-state index contributed by atoms with van der Waals surface area (Å²) in [6, 6.07) is 0. The lowest BCUT2D eigenvalue weighted by Crippen LogP contribution is -2.37. The first kappa shape index (κ1) is 10.8. The van der Waals surface area contributed by atoms with Crippen LogP contribution in [0, 0.1) is 0 Å². The fourth-order valence-corrected chi connectivity index (χ4v) is 0.276. The monoisotopic (exact) mass is 194 g/mol. The smallest absolute Gasteiger partial charge is 0.333 e. The lowest BCUT2D eigenvalue weighted by Gasteiger charge is -2.12. The minimum Gasteiger partial charge on any atom is -0.333 e. The van der Waals surface area contributed by atoms with E-state index in [4.69, 9.17) is 0 Å². The number of hydrogen-bond donors (Lipinski definition) is 3. The Morgan fingerprint density at radius 1 is 0.769 bits per heavy atom. The zero-order valence-electron chi connectivity index (χ0n) is 6.13. The summed E-state index contributed by atoms with van der Waals surface area (Å²) in [4.78, 5) is 41.6. The summed E-state index contributed by atoms with van der Waals surface area (Å²) in [5.74, 6) is 0. The van der Waals surface area contributed by atoms with Crippen LogP contribution >= 0.6 is 0 Å². The second-order valence-electron chi connectivity index (χ2n) is 1.45. The van der Waals surface area contributed by atoms with E-state index >= 15 is 0 Å². The van der Waals surface area contributed by atoms with Gasteiger partial charge in [-0.15, -0.1) is 0 Å². The zero-order valence-corrected chi connectivity index (χ0v) is 6.13. The number of rotatable bonds is 3. The third kappa shape index (κ3) is 6.18. The highest BCUT2D eigenvalue weighted by Gasteiger charge is 2.17. The number of nitrogens with two attached hydrogens (primary N) is 3. The SMILES string of the molecule is NC(=O)ON(OC(N)=O)OC(N)=O. The molecule has 0 aliphatic rings. The summed E-state index contributed by atoms with van der Waals surface area (Å²) < 4.78 is 0. The Bertz CT molecular complexity index is 190. The molecule has 0 aromatic rings. The van der Waals surface area contributed by atoms with Gasteiger partial charge in [-0.05, 0) is 0 Å². The van der Waals surface area contributed by atoms with Crippen molar-refractivity contribution in [1.29, 1.82) is 0 Å². The Balaban J connectivity index is 4.10. The molecule has 0 spiro atoms. The molecule has 0 aliphatic carbocycles. The van der Waals surface area contributed by atoms with Crippen LogP contribution < -0.4 is 17.2 Å². The summed E-state index contributed by atoms with van der Waals surface area (Å²) in [5, 5.41) is -0.326. The van der Waals surface area contributed by atoms with Gasteiger partial charge in [0.1, 0.15) is 0 Å². The predicted octanol–water partition coefficient (Wildman–Crippen LogP) is -1.68. The van der Waals surface area contributed by atoms with Crippen molar-refractivity contribution in [2.24, 2.45) is 17.2 Å². The quantitative estimate of drug-likeness (QED) is 0.452. The normalized spacial score (nSPS) is 9.00. The van der Waals surface area contributed by atoms with E-state index < -0.39 is 18.3 Å². The molecule has 0 aromatic carbocycles. The summed E-state index contributed by atoms with van der Waals surface area (Å²) in [5.41, 5.74) is 13.4. The van der Waals surface area contributed by atoms with Gasteiger partial charge in [-0.2, -0.15) is 0 Å². The number of amides is 3. The molecule has 0 radical (unpaired) electrons. The van der Waals surface area contributed by atoms with Gasteiger partial charge >= 0.3 is 18.3 Å². The highest BCUT2D eigenvalue weighted by Crippen LogP contribution is 1.93. The van der Waals surface area contributed by atoms with Crippen molar-refractivity contribution in [2.75, 3.05) is 0 Å². The molecule has 0 fully saturated rings. The zero-order chi connectivity index (χ0) is 10.4. The van der Waals surface area contributed by atoms with Gasteiger partial charge in [0.05, 0.1) is 0 Å². The molecular formula is C3H6N4O6. The Morgan fingerprint density at radius 3 is 1.15 bits per heavy atom. The van der Waals surface area contributed by atoms with Crippen molar-refractivity contribution in [3.8, 4) is 0 Å². The van der Waals surface area contributed by atoms with Crippen LogP contribution in [0.15, 0.2) is 0 Å². The van der Waals surface area contributed by atoms with Crippen molar-refractivity contribution < 1.29 is 28.9 Å². The maximum absolute atomic E-state index is 10.1. The van der Waals surface area contributed by atoms with E-state index in [1.165, 1.54) is 0 Å². The van der Waals surface area contributed by atoms with Crippen LogP contribution in [0.4, 0.5) is 14.4 Å². The molecule has 0 unspecified atom stereocenters. The van der Waals surface area contributed by atoms with Crippen molar-refractivity contribution in [3.05, 3.63) is 0 Å². The molecule has 0 atom stereocenters. The largest absolute Gasteiger partial charge is 0.428 e. The fraction of sp³-hybridized carbons (Fsp3) is 0. The third-order valence-electron chi connectivity index (χ3n) is 0.494. The molecule has 0 aliphatic heterocycles. The fourth-order valence-electron chi connectivity index (χ4n) is 0.276. The molecule has 13 heavy (non-hydrogen) atoms. The van der Waals surface area contributed by atoms with E-state index in [2.05, 4.69) is 31.7 Å². The van der Waals surface area contributed by atoms with Gasteiger partial charge in [-0.25, -0.2) is 14.4 Å². The highest BCUT2D eigenvalue weighted by atomic mass is 17.2. The summed E-state index contributed by atoms with van der Waals surface area (Å²) in [7, 11) is 0. The molecule has 0 saturated heterocycles. The van der Waals surface area contributed by atoms with Crippen molar-refractivity contribution in [3.63, 3.8) is 0 Å². The molecule has 3 amide bonds. The molecule has 10 heteroatoms. The maximum Gasteiger partial charge on any atom is 0.428 e. The number of hydrogen-bond acceptors (Lipinski definition) is 7. The molecule has 0 saturated carbocycles. The van der Waals surface area contributed by atoms with Crippen LogP contribution in [0.5, 0.6) is 0 Å². The minimum atomic E-state index is -1.40. The van der Waals surface area contributed by atoms with E-state index in [0.717, 1.165) is 0 Å². The summed E-state index contributed by atoms with van der Waals surface area (Å²) >= 11 is 0. The van der Waals surface area contributed by atoms with Gasteiger partial charge in [-0.3, -0.25) is 14.5 Å². The average Bonchev–Trinajstić information content (AvgIpc) is 1.80. The number of carbonyl (C=O) groups is 3. The van der Waals surface area contributed by atoms with Crippen LogP contribution in [0.3, 0.4) is 0 Å². The topological polar surface area (TPSA) is 160 Å². The molecule has 6 N–H and O–H groups in total. The molecule has 0 bridgehead atoms. The first-order valence-electron chi connectivity index (χ1n) is 2.64. The standard InChI is InChI=1S/C3H6N4O6/c4-1(8)11-7(12-2(5)9)13-3(6)10/h(H2,4,8)(H2,5,9)(H2,6,10). The minimum absolute atomic E-state index is 0.326. The number of primary amides is 3. The first-order chi connectivity index (χ1) is 5.91. The Morgan fingerprint density at radius 2 is 1.00 bits per heavy atom. The molecule has 0 rings (SSSR count). The second-order valence-corrected chi connectivity index (χ2v) is 1.45. The van der Waals surface area contributed by atoms with Gasteiger partial charge in [0.25, 0.3) is 0 Å². The van der Waals surface area contributed by atoms with Crippen LogP contribution in [0.1, 0.15) is 0 Å². The highest BCUT2D eigenvalue weighted by molar-refractivity contribution is 5.67. The van der Waals surface area contributed by atoms with Gasteiger partial charge < -0.3 is 17.2 Å².